The van der Waals surface area contributed by atoms with Gasteiger partial charge in [-0.05, 0) is 67.8 Å². The Kier molecular flexibility index (Phi) is 7.15. The standard InChI is InChI=1S/C27H26Br2N2O6/c1-14-9-18(7-8-23(14)31-25(33)19-11-21(28)22(29)12-20(19)26(31)34)37-27(35)15-10-24(32)30(13-15)16-3-5-17(36-2)6-4-16/h3-9,15,19-22H,10-13H2,1-2H3/t15-,19-,20+,21+,22-/m1/s1. The number of alkyl halides is 2. The molecule has 0 bridgehead atoms. The van der Waals surface area contributed by atoms with E-state index in [-0.39, 0.29) is 52.2 Å². The Morgan fingerprint density at radius 2 is 1.51 bits per heavy atom. The first-order chi connectivity index (χ1) is 17.7. The van der Waals surface area contributed by atoms with Gasteiger partial charge in [0, 0.05) is 28.3 Å². The number of ether oxygens (including phenoxy) is 2. The molecule has 0 spiro atoms. The normalized spacial score (nSPS) is 27.5. The van der Waals surface area contributed by atoms with E-state index in [1.54, 1.807) is 61.4 Å². The zero-order chi connectivity index (χ0) is 26.4. The molecular formula is C27H26Br2N2O6. The van der Waals surface area contributed by atoms with Gasteiger partial charge in [0.2, 0.25) is 17.7 Å². The lowest BCUT2D eigenvalue weighted by Gasteiger charge is -2.29. The number of hydrogen-bond donors (Lipinski definition) is 0. The molecule has 2 aromatic carbocycles. The quantitative estimate of drug-likeness (QED) is 0.210. The molecule has 194 valence electrons. The van der Waals surface area contributed by atoms with Gasteiger partial charge in [-0.25, -0.2) is 4.90 Å². The molecule has 0 radical (unpaired) electrons. The maximum Gasteiger partial charge on any atom is 0.316 e. The highest BCUT2D eigenvalue weighted by molar-refractivity contribution is 9.12. The second-order valence-corrected chi connectivity index (χ2v) is 12.1. The van der Waals surface area contributed by atoms with Crippen molar-refractivity contribution in [2.45, 2.75) is 35.8 Å². The lowest BCUT2D eigenvalue weighted by atomic mass is 9.81. The highest BCUT2D eigenvalue weighted by Crippen LogP contribution is 2.45. The number of amides is 3. The van der Waals surface area contributed by atoms with E-state index >= 15 is 0 Å². The molecule has 2 aliphatic heterocycles. The lowest BCUT2D eigenvalue weighted by molar-refractivity contribution is -0.139. The van der Waals surface area contributed by atoms with Crippen LogP contribution in [0.5, 0.6) is 11.5 Å². The van der Waals surface area contributed by atoms with Crippen LogP contribution in [0.15, 0.2) is 42.5 Å². The van der Waals surface area contributed by atoms with E-state index in [4.69, 9.17) is 9.47 Å². The molecule has 37 heavy (non-hydrogen) atoms. The van der Waals surface area contributed by atoms with Crippen LogP contribution >= 0.6 is 31.9 Å². The van der Waals surface area contributed by atoms with Crippen molar-refractivity contribution in [1.29, 1.82) is 0 Å². The molecule has 8 nitrogen and oxygen atoms in total. The minimum Gasteiger partial charge on any atom is -0.497 e. The van der Waals surface area contributed by atoms with Crippen LogP contribution in [0, 0.1) is 24.7 Å². The number of carbonyl (C=O) groups excluding carboxylic acids is 4. The summed E-state index contributed by atoms with van der Waals surface area (Å²) >= 11 is 7.22. The molecule has 0 unspecified atom stereocenters. The molecule has 3 aliphatic rings. The number of aryl methyl sites for hydroxylation is 1. The van der Waals surface area contributed by atoms with E-state index in [2.05, 4.69) is 31.9 Å². The number of fused-ring (bicyclic) bond motifs is 1. The summed E-state index contributed by atoms with van der Waals surface area (Å²) in [5, 5.41) is 0. The Morgan fingerprint density at radius 3 is 2.08 bits per heavy atom. The first kappa shape index (κ1) is 25.9. The molecule has 2 heterocycles. The minimum absolute atomic E-state index is 0.0601. The van der Waals surface area contributed by atoms with E-state index in [0.29, 0.717) is 41.3 Å². The number of benzene rings is 2. The Morgan fingerprint density at radius 1 is 0.919 bits per heavy atom. The van der Waals surface area contributed by atoms with Crippen LogP contribution in [0.3, 0.4) is 0 Å². The van der Waals surface area contributed by atoms with Crippen LogP contribution < -0.4 is 19.3 Å². The fourth-order valence-corrected chi connectivity index (χ4v) is 6.59. The molecule has 10 heteroatoms. The molecule has 1 aliphatic carbocycles. The summed E-state index contributed by atoms with van der Waals surface area (Å²) in [6.07, 6.45) is 1.26. The number of imide groups is 1. The van der Waals surface area contributed by atoms with Gasteiger partial charge in [0.25, 0.3) is 0 Å². The van der Waals surface area contributed by atoms with Crippen LogP contribution in [0.1, 0.15) is 24.8 Å². The minimum atomic E-state index is -0.603. The summed E-state index contributed by atoms with van der Waals surface area (Å²) < 4.78 is 10.8. The number of esters is 1. The molecular weight excluding hydrogens is 608 g/mol. The van der Waals surface area contributed by atoms with Gasteiger partial charge in [-0.2, -0.15) is 0 Å². The maximum atomic E-state index is 13.1. The number of halogens is 2. The summed E-state index contributed by atoms with van der Waals surface area (Å²) in [6, 6.07) is 12.0. The third-order valence-corrected chi connectivity index (χ3v) is 10.1. The SMILES string of the molecule is COc1ccc(N2C[C@H](C(=O)Oc3ccc(N4C(=O)[C@H]5C[C@@H](Br)[C@@H](Br)C[C@H]5C4=O)c(C)c3)CC2=O)cc1. The van der Waals surface area contributed by atoms with Crippen LogP contribution in [-0.2, 0) is 19.2 Å². The summed E-state index contributed by atoms with van der Waals surface area (Å²) in [5.41, 5.74) is 1.85. The molecule has 5 atom stereocenters. The van der Waals surface area contributed by atoms with Crippen molar-refractivity contribution in [1.82, 2.24) is 0 Å². The molecule has 3 amide bonds. The fourth-order valence-electron chi connectivity index (χ4n) is 5.35. The number of anilines is 2. The largest absolute Gasteiger partial charge is 0.497 e. The van der Waals surface area contributed by atoms with E-state index in [1.807, 2.05) is 0 Å². The average Bonchev–Trinajstić information content (AvgIpc) is 3.37. The van der Waals surface area contributed by atoms with Gasteiger partial charge in [0.05, 0.1) is 30.6 Å². The van der Waals surface area contributed by atoms with Crippen LogP contribution in [0.25, 0.3) is 0 Å². The van der Waals surface area contributed by atoms with E-state index < -0.39 is 11.9 Å². The van der Waals surface area contributed by atoms with Gasteiger partial charge >= 0.3 is 5.97 Å². The Hall–Kier alpha value is -2.72. The number of nitrogens with zero attached hydrogens (tertiary/aromatic N) is 2. The van der Waals surface area contributed by atoms with Crippen LogP contribution in [0.2, 0.25) is 0 Å². The Balaban J connectivity index is 1.27. The summed E-state index contributed by atoms with van der Waals surface area (Å²) in [6.45, 7) is 2.00. The topological polar surface area (TPSA) is 93.2 Å². The van der Waals surface area contributed by atoms with E-state index in [0.717, 1.165) is 0 Å². The van der Waals surface area contributed by atoms with Crippen molar-refractivity contribution in [3.05, 3.63) is 48.0 Å². The third kappa shape index (κ3) is 4.81. The van der Waals surface area contributed by atoms with Crippen LogP contribution in [-0.4, -0.2) is 47.0 Å². The highest BCUT2D eigenvalue weighted by atomic mass is 79.9. The number of hydrogen-bond acceptors (Lipinski definition) is 6. The van der Waals surface area contributed by atoms with Gasteiger partial charge in [-0.1, -0.05) is 31.9 Å². The fraction of sp³-hybridized carbons (Fsp3) is 0.407. The van der Waals surface area contributed by atoms with Gasteiger partial charge in [0.1, 0.15) is 11.5 Å². The predicted octanol–water partition coefficient (Wildman–Crippen LogP) is 4.39. The molecule has 5 rings (SSSR count). The maximum absolute atomic E-state index is 13.1. The molecule has 3 fully saturated rings. The first-order valence-electron chi connectivity index (χ1n) is 12.1. The molecule has 0 N–H and O–H groups in total. The summed E-state index contributed by atoms with van der Waals surface area (Å²) in [7, 11) is 1.57. The molecule has 1 saturated carbocycles. The average molecular weight is 634 g/mol. The summed E-state index contributed by atoms with van der Waals surface area (Å²) in [4.78, 5) is 54.9. The molecule has 0 aromatic heterocycles. The van der Waals surface area contributed by atoms with Crippen molar-refractivity contribution in [2.75, 3.05) is 23.5 Å². The van der Waals surface area contributed by atoms with Gasteiger partial charge in [-0.3, -0.25) is 19.2 Å². The van der Waals surface area contributed by atoms with E-state index in [9.17, 15) is 19.2 Å². The third-order valence-electron chi connectivity index (χ3n) is 7.38. The van der Waals surface area contributed by atoms with Gasteiger partial charge < -0.3 is 14.4 Å². The van der Waals surface area contributed by atoms with Gasteiger partial charge in [0.15, 0.2) is 0 Å². The van der Waals surface area contributed by atoms with Crippen molar-refractivity contribution in [2.24, 2.45) is 17.8 Å². The second kappa shape index (κ2) is 10.2. The van der Waals surface area contributed by atoms with Gasteiger partial charge in [-0.15, -0.1) is 0 Å². The Bertz CT molecular complexity index is 1240. The zero-order valence-corrected chi connectivity index (χ0v) is 23.5. The highest BCUT2D eigenvalue weighted by Gasteiger charge is 2.52. The van der Waals surface area contributed by atoms with Crippen molar-refractivity contribution in [3.8, 4) is 11.5 Å². The number of rotatable bonds is 5. The molecule has 2 aromatic rings. The predicted molar refractivity (Wildman–Crippen MR) is 144 cm³/mol. The first-order valence-corrected chi connectivity index (χ1v) is 13.9. The van der Waals surface area contributed by atoms with Crippen LogP contribution in [0.4, 0.5) is 11.4 Å². The van der Waals surface area contributed by atoms with E-state index in [1.165, 1.54) is 4.90 Å². The Labute approximate surface area is 231 Å². The zero-order valence-electron chi connectivity index (χ0n) is 20.4. The summed E-state index contributed by atoms with van der Waals surface area (Å²) in [5.74, 6) is -1.31. The lowest BCUT2D eigenvalue weighted by Crippen LogP contribution is -2.34. The second-order valence-electron chi connectivity index (χ2n) is 9.70. The van der Waals surface area contributed by atoms with Crippen molar-refractivity contribution in [3.63, 3.8) is 0 Å². The number of carbonyl (C=O) groups is 4. The van der Waals surface area contributed by atoms with Crippen molar-refractivity contribution < 1.29 is 28.7 Å². The molecule has 2 saturated heterocycles. The number of methoxy groups -OCH3 is 1. The smallest absolute Gasteiger partial charge is 0.316 e. The van der Waals surface area contributed by atoms with Crippen molar-refractivity contribution >= 4 is 66.9 Å². The monoisotopic (exact) mass is 632 g/mol.